The van der Waals surface area contributed by atoms with Gasteiger partial charge in [-0.2, -0.15) is 0 Å². The summed E-state index contributed by atoms with van der Waals surface area (Å²) >= 11 is 0. The van der Waals surface area contributed by atoms with Gasteiger partial charge in [0.15, 0.2) is 0 Å². The van der Waals surface area contributed by atoms with Crippen LogP contribution in [0.4, 0.5) is 0 Å². The van der Waals surface area contributed by atoms with Crippen LogP contribution >= 0.6 is 7.60 Å². The summed E-state index contributed by atoms with van der Waals surface area (Å²) in [4.78, 5) is 18.1. The zero-order valence-corrected chi connectivity index (χ0v) is 18.7. The van der Waals surface area contributed by atoms with Gasteiger partial charge in [-0.1, -0.05) is 6.07 Å². The molecular formula is C22H33N2O4P. The lowest BCUT2D eigenvalue weighted by atomic mass is 9.93. The summed E-state index contributed by atoms with van der Waals surface area (Å²) < 4.78 is 19.0. The fourth-order valence-electron chi connectivity index (χ4n) is 3.05. The highest BCUT2D eigenvalue weighted by Crippen LogP contribution is 2.37. The molecule has 1 aromatic carbocycles. The van der Waals surface area contributed by atoms with Crippen LogP contribution in [0.3, 0.4) is 0 Å². The van der Waals surface area contributed by atoms with Gasteiger partial charge >= 0.3 is 7.60 Å². The third-order valence-corrected chi connectivity index (χ3v) is 6.11. The Morgan fingerprint density at radius 2 is 1.90 bits per heavy atom. The predicted molar refractivity (Wildman–Crippen MR) is 118 cm³/mol. The van der Waals surface area contributed by atoms with Gasteiger partial charge in [-0.15, -0.1) is 0 Å². The minimum absolute atomic E-state index is 0.179. The Morgan fingerprint density at radius 3 is 2.55 bits per heavy atom. The second-order valence-electron chi connectivity index (χ2n) is 8.06. The summed E-state index contributed by atoms with van der Waals surface area (Å²) in [6.07, 6.45) is 5.54. The Morgan fingerprint density at radius 1 is 1.17 bits per heavy atom. The summed E-state index contributed by atoms with van der Waals surface area (Å²) in [7, 11) is -2.01. The van der Waals surface area contributed by atoms with E-state index >= 15 is 0 Å². The molecule has 0 spiro atoms. The van der Waals surface area contributed by atoms with Crippen LogP contribution in [-0.2, 0) is 18.0 Å². The van der Waals surface area contributed by atoms with Crippen molar-refractivity contribution < 1.29 is 19.1 Å². The number of hydrogen-bond donors (Lipinski definition) is 3. The molecule has 0 radical (unpaired) electrons. The highest BCUT2D eigenvalue weighted by Gasteiger charge is 2.24. The normalized spacial score (nSPS) is 14.3. The van der Waals surface area contributed by atoms with Crippen LogP contribution in [0.25, 0.3) is 6.08 Å². The molecular weight excluding hydrogens is 387 g/mol. The summed E-state index contributed by atoms with van der Waals surface area (Å²) in [6, 6.07) is 10.2. The first-order valence-corrected chi connectivity index (χ1v) is 11.6. The van der Waals surface area contributed by atoms with E-state index in [0.29, 0.717) is 19.4 Å². The number of ether oxygens (including phenoxy) is 1. The van der Waals surface area contributed by atoms with E-state index < -0.39 is 13.1 Å². The van der Waals surface area contributed by atoms with Crippen molar-refractivity contribution in [2.75, 3.05) is 12.8 Å². The molecule has 1 heterocycles. The van der Waals surface area contributed by atoms with Gasteiger partial charge in [0, 0.05) is 24.0 Å². The van der Waals surface area contributed by atoms with E-state index in [1.165, 1.54) is 11.1 Å². The van der Waals surface area contributed by atoms with E-state index in [1.807, 2.05) is 44.3 Å². The van der Waals surface area contributed by atoms with Crippen molar-refractivity contribution in [2.24, 2.45) is 12.8 Å². The Bertz CT molecular complexity index is 896. The maximum absolute atomic E-state index is 11.1. The van der Waals surface area contributed by atoms with Crippen molar-refractivity contribution in [2.45, 2.75) is 45.6 Å². The Hall–Kier alpha value is -1.85. The third-order valence-electron chi connectivity index (χ3n) is 5.30. The zero-order valence-electron chi connectivity index (χ0n) is 17.8. The summed E-state index contributed by atoms with van der Waals surface area (Å²) in [5.41, 5.74) is 10.3. The van der Waals surface area contributed by atoms with E-state index in [4.69, 9.17) is 20.3 Å². The average molecular weight is 420 g/mol. The molecule has 2 aromatic rings. The predicted octanol–water partition coefficient (Wildman–Crippen LogP) is 3.95. The molecule has 7 heteroatoms. The number of nitrogens with zero attached hydrogens (tertiary/aromatic N) is 1. The molecule has 2 rings (SSSR count). The maximum Gasteiger partial charge on any atom is 0.325 e. The van der Waals surface area contributed by atoms with Crippen LogP contribution < -0.4 is 10.5 Å². The topological polar surface area (TPSA) is 97.7 Å². The van der Waals surface area contributed by atoms with Crippen molar-refractivity contribution in [1.29, 1.82) is 0 Å². The third kappa shape index (κ3) is 7.82. The smallest absolute Gasteiger partial charge is 0.325 e. The number of hydrogen-bond acceptors (Lipinski definition) is 3. The molecule has 1 aromatic heterocycles. The van der Waals surface area contributed by atoms with Gasteiger partial charge in [0.05, 0.1) is 6.16 Å². The van der Waals surface area contributed by atoms with Gasteiger partial charge in [0.1, 0.15) is 12.4 Å². The van der Waals surface area contributed by atoms with E-state index in [1.54, 1.807) is 0 Å². The molecule has 160 valence electrons. The Balaban J connectivity index is 1.87. The van der Waals surface area contributed by atoms with Crippen LogP contribution in [0.5, 0.6) is 5.75 Å². The standard InChI is InChI=1S/C22H33N2O4P/c1-17-7-10-21(16-18(17)2)28-14-5-6-19-8-9-20(24(19)4)11-12-22(3,23)13-15-29(25,26)27/h5-10,16H,11-15,23H2,1-4H3,(H2,25,26,27)/b6-5+. The monoisotopic (exact) mass is 420 g/mol. The van der Waals surface area contributed by atoms with Gasteiger partial charge in [-0.3, -0.25) is 4.57 Å². The molecule has 1 atom stereocenters. The van der Waals surface area contributed by atoms with Crippen molar-refractivity contribution in [3.05, 3.63) is 58.9 Å². The molecule has 0 saturated carbocycles. The zero-order chi connectivity index (χ0) is 21.7. The lowest BCUT2D eigenvalue weighted by Gasteiger charge is -2.25. The van der Waals surface area contributed by atoms with Crippen molar-refractivity contribution in [1.82, 2.24) is 4.57 Å². The lowest BCUT2D eigenvalue weighted by molar-refractivity contribution is 0.353. The molecule has 0 amide bonds. The van der Waals surface area contributed by atoms with Crippen LogP contribution in [0, 0.1) is 13.8 Å². The van der Waals surface area contributed by atoms with E-state index in [-0.39, 0.29) is 6.16 Å². The van der Waals surface area contributed by atoms with Gasteiger partial charge in [-0.05, 0) is 87.6 Å². The number of benzene rings is 1. The molecule has 0 saturated heterocycles. The Kier molecular flexibility index (Phi) is 7.89. The van der Waals surface area contributed by atoms with E-state index in [0.717, 1.165) is 23.6 Å². The summed E-state index contributed by atoms with van der Waals surface area (Å²) in [5.74, 6) is 0.864. The highest BCUT2D eigenvalue weighted by atomic mass is 31.2. The number of aromatic nitrogens is 1. The summed E-state index contributed by atoms with van der Waals surface area (Å²) in [6.45, 7) is 6.49. The molecule has 0 bridgehead atoms. The van der Waals surface area contributed by atoms with Crippen LogP contribution in [0.2, 0.25) is 0 Å². The van der Waals surface area contributed by atoms with Crippen LogP contribution in [-0.4, -0.2) is 32.7 Å². The quantitative estimate of drug-likeness (QED) is 0.506. The average Bonchev–Trinajstić information content (AvgIpc) is 2.98. The minimum atomic E-state index is -4.01. The van der Waals surface area contributed by atoms with Crippen LogP contribution in [0.15, 0.2) is 36.4 Å². The van der Waals surface area contributed by atoms with Crippen molar-refractivity contribution >= 4 is 13.7 Å². The van der Waals surface area contributed by atoms with Gasteiger partial charge < -0.3 is 24.8 Å². The molecule has 0 aliphatic rings. The first-order valence-electron chi connectivity index (χ1n) is 9.81. The first kappa shape index (κ1) is 23.4. The second kappa shape index (κ2) is 9.77. The number of aryl methyl sites for hydroxylation is 3. The van der Waals surface area contributed by atoms with Crippen LogP contribution in [0.1, 0.15) is 42.3 Å². The van der Waals surface area contributed by atoms with E-state index in [2.05, 4.69) is 30.5 Å². The maximum atomic E-state index is 11.1. The largest absolute Gasteiger partial charge is 0.490 e. The lowest BCUT2D eigenvalue weighted by Crippen LogP contribution is -2.37. The molecule has 0 fully saturated rings. The molecule has 29 heavy (non-hydrogen) atoms. The molecule has 0 aliphatic heterocycles. The second-order valence-corrected chi connectivity index (χ2v) is 9.84. The van der Waals surface area contributed by atoms with Gasteiger partial charge in [-0.25, -0.2) is 0 Å². The highest BCUT2D eigenvalue weighted by molar-refractivity contribution is 7.51. The van der Waals surface area contributed by atoms with E-state index in [9.17, 15) is 4.57 Å². The number of nitrogens with two attached hydrogens (primary N) is 1. The number of rotatable bonds is 10. The molecule has 6 nitrogen and oxygen atoms in total. The van der Waals surface area contributed by atoms with Gasteiger partial charge in [0.2, 0.25) is 0 Å². The fourth-order valence-corrected chi connectivity index (χ4v) is 3.85. The van der Waals surface area contributed by atoms with Crippen molar-refractivity contribution in [3.8, 4) is 5.75 Å². The van der Waals surface area contributed by atoms with Crippen molar-refractivity contribution in [3.63, 3.8) is 0 Å². The van der Waals surface area contributed by atoms with Gasteiger partial charge in [0.25, 0.3) is 0 Å². The first-order chi connectivity index (χ1) is 13.5. The molecule has 0 aliphatic carbocycles. The molecule has 4 N–H and O–H groups in total. The molecule has 1 unspecified atom stereocenters. The summed E-state index contributed by atoms with van der Waals surface area (Å²) in [5, 5.41) is 0. The minimum Gasteiger partial charge on any atom is -0.490 e. The fraction of sp³-hybridized carbons (Fsp3) is 0.455. The SMILES string of the molecule is Cc1ccc(OC/C=C/c2ccc(CCC(C)(N)CCP(=O)(O)O)n2C)cc1C. The Labute approximate surface area is 173 Å².